The Hall–Kier alpha value is -2.14. The lowest BCUT2D eigenvalue weighted by molar-refractivity contribution is -0.120. The summed E-state index contributed by atoms with van der Waals surface area (Å²) in [7, 11) is 0. The largest absolute Gasteiger partial charge is 0.330 e. The van der Waals surface area contributed by atoms with Gasteiger partial charge in [0, 0.05) is 18.3 Å². The second-order valence-electron chi connectivity index (χ2n) is 5.49. The molecule has 1 aromatic heterocycles. The van der Waals surface area contributed by atoms with E-state index >= 15 is 0 Å². The number of para-hydroxylation sites is 2. The molecule has 3 rings (SSSR count). The standard InChI is InChI=1S/C16H20N4O/c17-11-12-5-3-6-13(12)16(21)19-14-7-1-2-8-15(14)20-10-4-9-18-20/h1-2,4,7-10,12-13H,3,5-6,11,17H2,(H,19,21)/t12-,13-/m1/s1. The highest BCUT2D eigenvalue weighted by atomic mass is 16.1. The van der Waals surface area contributed by atoms with Gasteiger partial charge in [0.1, 0.15) is 0 Å². The maximum absolute atomic E-state index is 12.5. The molecule has 21 heavy (non-hydrogen) atoms. The lowest BCUT2D eigenvalue weighted by atomic mass is 9.95. The van der Waals surface area contributed by atoms with Gasteiger partial charge in [-0.2, -0.15) is 5.10 Å². The van der Waals surface area contributed by atoms with Gasteiger partial charge in [-0.25, -0.2) is 4.68 Å². The summed E-state index contributed by atoms with van der Waals surface area (Å²) in [5.74, 6) is 0.407. The molecule has 110 valence electrons. The Morgan fingerprint density at radius 3 is 2.95 bits per heavy atom. The fourth-order valence-corrected chi connectivity index (χ4v) is 3.08. The average molecular weight is 284 g/mol. The van der Waals surface area contributed by atoms with Crippen LogP contribution >= 0.6 is 0 Å². The quantitative estimate of drug-likeness (QED) is 0.904. The van der Waals surface area contributed by atoms with E-state index in [4.69, 9.17) is 5.73 Å². The molecule has 5 heteroatoms. The van der Waals surface area contributed by atoms with Gasteiger partial charge in [-0.3, -0.25) is 4.79 Å². The Labute approximate surface area is 124 Å². The van der Waals surface area contributed by atoms with Gasteiger partial charge in [0.25, 0.3) is 0 Å². The van der Waals surface area contributed by atoms with Crippen LogP contribution in [0.1, 0.15) is 19.3 Å². The average Bonchev–Trinajstić information content (AvgIpc) is 3.19. The van der Waals surface area contributed by atoms with Crippen molar-refractivity contribution in [1.29, 1.82) is 0 Å². The molecule has 1 aliphatic rings. The van der Waals surface area contributed by atoms with Crippen LogP contribution in [0.3, 0.4) is 0 Å². The molecule has 1 amide bonds. The molecule has 1 fully saturated rings. The maximum atomic E-state index is 12.5. The third-order valence-corrected chi connectivity index (χ3v) is 4.21. The molecule has 0 unspecified atom stereocenters. The Balaban J connectivity index is 1.81. The molecule has 2 aromatic rings. The van der Waals surface area contributed by atoms with Gasteiger partial charge in [0.15, 0.2) is 0 Å². The van der Waals surface area contributed by atoms with Gasteiger partial charge in [0.05, 0.1) is 11.4 Å². The number of rotatable bonds is 4. The number of hydrogen-bond donors (Lipinski definition) is 2. The topological polar surface area (TPSA) is 72.9 Å². The van der Waals surface area contributed by atoms with Crippen LogP contribution in [0.4, 0.5) is 5.69 Å². The predicted octanol–water partition coefficient (Wildman–Crippen LogP) is 2.19. The highest BCUT2D eigenvalue weighted by Crippen LogP contribution is 2.32. The van der Waals surface area contributed by atoms with Gasteiger partial charge in [0.2, 0.25) is 5.91 Å². The Morgan fingerprint density at radius 1 is 1.33 bits per heavy atom. The monoisotopic (exact) mass is 284 g/mol. The van der Waals surface area contributed by atoms with Crippen molar-refractivity contribution in [3.63, 3.8) is 0 Å². The normalized spacial score (nSPS) is 21.4. The molecule has 2 atom stereocenters. The molecule has 0 radical (unpaired) electrons. The number of hydrogen-bond acceptors (Lipinski definition) is 3. The van der Waals surface area contributed by atoms with Crippen LogP contribution in [0.2, 0.25) is 0 Å². The molecule has 1 heterocycles. The number of nitrogens with two attached hydrogens (primary N) is 1. The molecule has 1 saturated carbocycles. The van der Waals surface area contributed by atoms with Crippen LogP contribution in [0, 0.1) is 11.8 Å². The van der Waals surface area contributed by atoms with Gasteiger partial charge in [-0.15, -0.1) is 0 Å². The van der Waals surface area contributed by atoms with Crippen molar-refractivity contribution >= 4 is 11.6 Å². The van der Waals surface area contributed by atoms with Gasteiger partial charge in [-0.05, 0) is 43.5 Å². The van der Waals surface area contributed by atoms with E-state index in [1.54, 1.807) is 10.9 Å². The first kappa shape index (κ1) is 13.8. The number of aromatic nitrogens is 2. The summed E-state index contributed by atoms with van der Waals surface area (Å²) < 4.78 is 1.75. The molecule has 5 nitrogen and oxygen atoms in total. The van der Waals surface area contributed by atoms with Crippen molar-refractivity contribution in [2.45, 2.75) is 19.3 Å². The van der Waals surface area contributed by atoms with Crippen LogP contribution in [-0.2, 0) is 4.79 Å². The highest BCUT2D eigenvalue weighted by Gasteiger charge is 2.32. The third kappa shape index (κ3) is 2.83. The number of carbonyl (C=O) groups is 1. The SMILES string of the molecule is NC[C@H]1CCC[C@H]1C(=O)Nc1ccccc1-n1cccn1. The fraction of sp³-hybridized carbons (Fsp3) is 0.375. The summed E-state index contributed by atoms with van der Waals surface area (Å²) in [6, 6.07) is 9.56. The van der Waals surface area contributed by atoms with Crippen LogP contribution in [0.5, 0.6) is 0 Å². The lowest BCUT2D eigenvalue weighted by Gasteiger charge is -2.18. The zero-order valence-corrected chi connectivity index (χ0v) is 11.9. The van der Waals surface area contributed by atoms with Crippen LogP contribution in [-0.4, -0.2) is 22.2 Å². The molecule has 0 aliphatic heterocycles. The first-order chi connectivity index (χ1) is 10.3. The smallest absolute Gasteiger partial charge is 0.227 e. The number of anilines is 1. The lowest BCUT2D eigenvalue weighted by Crippen LogP contribution is -2.30. The molecule has 1 aromatic carbocycles. The van der Waals surface area contributed by atoms with Gasteiger partial charge < -0.3 is 11.1 Å². The number of nitrogens with one attached hydrogen (secondary N) is 1. The maximum Gasteiger partial charge on any atom is 0.227 e. The first-order valence-electron chi connectivity index (χ1n) is 7.39. The summed E-state index contributed by atoms with van der Waals surface area (Å²) in [5, 5.41) is 7.28. The summed E-state index contributed by atoms with van der Waals surface area (Å²) in [6.07, 6.45) is 6.65. The highest BCUT2D eigenvalue weighted by molar-refractivity contribution is 5.94. The summed E-state index contributed by atoms with van der Waals surface area (Å²) in [6.45, 7) is 0.582. The molecule has 0 saturated heterocycles. The molecular weight excluding hydrogens is 264 g/mol. The Kier molecular flexibility index (Phi) is 4.01. The minimum atomic E-state index is 0.0284. The van der Waals surface area contributed by atoms with E-state index in [0.717, 1.165) is 30.6 Å². The van der Waals surface area contributed by atoms with E-state index in [2.05, 4.69) is 10.4 Å². The van der Waals surface area contributed by atoms with E-state index in [9.17, 15) is 4.79 Å². The summed E-state index contributed by atoms with van der Waals surface area (Å²) in [5.41, 5.74) is 7.43. The minimum Gasteiger partial charge on any atom is -0.330 e. The van der Waals surface area contributed by atoms with Gasteiger partial charge >= 0.3 is 0 Å². The first-order valence-corrected chi connectivity index (χ1v) is 7.39. The van der Waals surface area contributed by atoms with Crippen LogP contribution in [0.15, 0.2) is 42.7 Å². The summed E-state index contributed by atoms with van der Waals surface area (Å²) >= 11 is 0. The number of benzene rings is 1. The second kappa shape index (κ2) is 6.10. The number of carbonyl (C=O) groups excluding carboxylic acids is 1. The Bertz CT molecular complexity index is 608. The molecule has 0 spiro atoms. The molecule has 0 bridgehead atoms. The van der Waals surface area contributed by atoms with Crippen molar-refractivity contribution in [2.75, 3.05) is 11.9 Å². The zero-order valence-electron chi connectivity index (χ0n) is 11.9. The van der Waals surface area contributed by atoms with Crippen molar-refractivity contribution < 1.29 is 4.79 Å². The van der Waals surface area contributed by atoms with Crippen molar-refractivity contribution in [1.82, 2.24) is 9.78 Å². The van der Waals surface area contributed by atoms with Crippen LogP contribution in [0.25, 0.3) is 5.69 Å². The molecule has 1 aliphatic carbocycles. The van der Waals surface area contributed by atoms with Crippen LogP contribution < -0.4 is 11.1 Å². The fourth-order valence-electron chi connectivity index (χ4n) is 3.08. The number of amides is 1. The molecular formula is C16H20N4O. The van der Waals surface area contributed by atoms with Crippen molar-refractivity contribution in [2.24, 2.45) is 17.6 Å². The second-order valence-corrected chi connectivity index (χ2v) is 5.49. The third-order valence-electron chi connectivity index (χ3n) is 4.21. The molecule has 3 N–H and O–H groups in total. The predicted molar refractivity (Wildman–Crippen MR) is 82.1 cm³/mol. The van der Waals surface area contributed by atoms with Crippen molar-refractivity contribution in [3.8, 4) is 5.69 Å². The van der Waals surface area contributed by atoms with Crippen molar-refractivity contribution in [3.05, 3.63) is 42.7 Å². The number of nitrogens with zero attached hydrogens (tertiary/aromatic N) is 2. The zero-order chi connectivity index (χ0) is 14.7. The van der Waals surface area contributed by atoms with E-state index in [0.29, 0.717) is 12.5 Å². The van der Waals surface area contributed by atoms with E-state index in [-0.39, 0.29) is 11.8 Å². The van der Waals surface area contributed by atoms with E-state index in [1.807, 2.05) is 36.5 Å². The van der Waals surface area contributed by atoms with E-state index < -0.39 is 0 Å². The van der Waals surface area contributed by atoms with Gasteiger partial charge in [-0.1, -0.05) is 18.6 Å². The Morgan fingerprint density at radius 2 is 2.19 bits per heavy atom. The minimum absolute atomic E-state index is 0.0284. The van der Waals surface area contributed by atoms with E-state index in [1.165, 1.54) is 0 Å². The summed E-state index contributed by atoms with van der Waals surface area (Å²) in [4.78, 5) is 12.5.